The van der Waals surface area contributed by atoms with Crippen LogP contribution in [0.1, 0.15) is 0 Å². The number of carbonyl (C=O) groups excluding carboxylic acids is 1. The Morgan fingerprint density at radius 2 is 2.00 bits per heavy atom. The molecule has 0 N–H and O–H groups in total. The predicted octanol–water partition coefficient (Wildman–Crippen LogP) is -0.000800. The van der Waals surface area contributed by atoms with Crippen molar-refractivity contribution >= 4 is 21.4 Å². The fourth-order valence-corrected chi connectivity index (χ4v) is 2.64. The van der Waals surface area contributed by atoms with Crippen molar-refractivity contribution < 1.29 is 4.79 Å². The fourth-order valence-electron chi connectivity index (χ4n) is 0.683. The molecule has 0 bridgehead atoms. The molecule has 0 spiro atoms. The fraction of sp³-hybridized carbons (Fsp3) is 0.800. The van der Waals surface area contributed by atoms with Gasteiger partial charge in [0, 0.05) is 0 Å². The first-order valence-electron chi connectivity index (χ1n) is 2.70. The first kappa shape index (κ1) is 6.11. The van der Waals surface area contributed by atoms with Crippen LogP contribution in [-0.4, -0.2) is 39.4 Å². The molecule has 1 aliphatic heterocycles. The summed E-state index contributed by atoms with van der Waals surface area (Å²) in [6.07, 6.45) is 0.954. The molecule has 46 valence electrons. The summed E-state index contributed by atoms with van der Waals surface area (Å²) >= 11 is 0.833. The molecule has 1 rings (SSSR count). The minimum absolute atomic E-state index is 0.833. The van der Waals surface area contributed by atoms with E-state index in [2.05, 4.69) is 0 Å². The van der Waals surface area contributed by atoms with E-state index in [0.29, 0.717) is 0 Å². The summed E-state index contributed by atoms with van der Waals surface area (Å²) in [6, 6.07) is 0. The van der Waals surface area contributed by atoms with Crippen molar-refractivity contribution in [2.45, 2.75) is 10.6 Å². The molecule has 1 saturated heterocycles. The SMILES string of the molecule is O=CN1CC[Se]CC1. The third-order valence-electron chi connectivity index (χ3n) is 1.19. The van der Waals surface area contributed by atoms with Crippen LogP contribution >= 0.6 is 0 Å². The molecule has 0 atom stereocenters. The molecule has 0 aromatic heterocycles. The van der Waals surface area contributed by atoms with Crippen molar-refractivity contribution in [2.75, 3.05) is 13.1 Å². The van der Waals surface area contributed by atoms with Gasteiger partial charge in [0.15, 0.2) is 0 Å². The molecule has 3 heteroatoms. The van der Waals surface area contributed by atoms with Crippen molar-refractivity contribution in [2.24, 2.45) is 0 Å². The standard InChI is InChI=1S/C5H9NOSe/c7-5-6-1-3-8-4-2-6/h5H,1-4H2. The molecule has 0 aliphatic carbocycles. The number of hydrogen-bond donors (Lipinski definition) is 0. The number of carbonyl (C=O) groups is 1. The Morgan fingerprint density at radius 1 is 1.38 bits per heavy atom. The minimum atomic E-state index is 0.833. The molecule has 0 aromatic rings. The van der Waals surface area contributed by atoms with E-state index in [9.17, 15) is 4.79 Å². The van der Waals surface area contributed by atoms with E-state index in [1.165, 1.54) is 10.6 Å². The van der Waals surface area contributed by atoms with Gasteiger partial charge in [0.2, 0.25) is 0 Å². The zero-order valence-electron chi connectivity index (χ0n) is 4.67. The first-order valence-corrected chi connectivity index (χ1v) is 5.13. The number of nitrogens with zero attached hydrogens (tertiary/aromatic N) is 1. The van der Waals surface area contributed by atoms with E-state index in [0.717, 1.165) is 34.5 Å². The second kappa shape index (κ2) is 3.10. The second-order valence-corrected chi connectivity index (χ2v) is 4.32. The maximum absolute atomic E-state index is 10.1. The Morgan fingerprint density at radius 3 is 2.38 bits per heavy atom. The van der Waals surface area contributed by atoms with E-state index in [1.54, 1.807) is 0 Å². The van der Waals surface area contributed by atoms with Gasteiger partial charge < -0.3 is 0 Å². The van der Waals surface area contributed by atoms with Crippen molar-refractivity contribution in [3.63, 3.8) is 0 Å². The van der Waals surface area contributed by atoms with Crippen LogP contribution in [0.25, 0.3) is 0 Å². The van der Waals surface area contributed by atoms with Crippen LogP contribution in [0.15, 0.2) is 0 Å². The summed E-state index contributed by atoms with van der Waals surface area (Å²) in [4.78, 5) is 11.9. The predicted molar refractivity (Wildman–Crippen MR) is 33.0 cm³/mol. The Labute approximate surface area is 55.4 Å². The molecule has 0 radical (unpaired) electrons. The first-order chi connectivity index (χ1) is 3.93. The molecule has 0 aromatic carbocycles. The van der Waals surface area contributed by atoms with Gasteiger partial charge in [-0.25, -0.2) is 0 Å². The van der Waals surface area contributed by atoms with Crippen molar-refractivity contribution in [1.82, 2.24) is 4.90 Å². The van der Waals surface area contributed by atoms with Gasteiger partial charge in [-0.05, 0) is 0 Å². The normalized spacial score (nSPS) is 20.8. The molecule has 1 amide bonds. The van der Waals surface area contributed by atoms with Crippen LogP contribution in [0.5, 0.6) is 0 Å². The van der Waals surface area contributed by atoms with Gasteiger partial charge in [-0.3, -0.25) is 0 Å². The van der Waals surface area contributed by atoms with Gasteiger partial charge >= 0.3 is 54.8 Å². The van der Waals surface area contributed by atoms with Gasteiger partial charge in [0.25, 0.3) is 0 Å². The molecule has 2 nitrogen and oxygen atoms in total. The molecular formula is C5H9NOSe. The molecule has 1 fully saturated rings. The topological polar surface area (TPSA) is 20.3 Å². The average Bonchev–Trinajstić information content (AvgIpc) is 1.90. The third kappa shape index (κ3) is 1.49. The van der Waals surface area contributed by atoms with Crippen molar-refractivity contribution in [3.05, 3.63) is 0 Å². The Kier molecular flexibility index (Phi) is 2.37. The van der Waals surface area contributed by atoms with Gasteiger partial charge in [0.05, 0.1) is 0 Å². The number of hydrogen-bond acceptors (Lipinski definition) is 1. The maximum atomic E-state index is 10.1. The van der Waals surface area contributed by atoms with Gasteiger partial charge in [-0.1, -0.05) is 0 Å². The number of amides is 1. The summed E-state index contributed by atoms with van der Waals surface area (Å²) < 4.78 is 0. The summed E-state index contributed by atoms with van der Waals surface area (Å²) in [5.74, 6) is 0. The van der Waals surface area contributed by atoms with Gasteiger partial charge in [-0.2, -0.15) is 0 Å². The van der Waals surface area contributed by atoms with Crippen LogP contribution in [0.2, 0.25) is 10.6 Å². The Bertz CT molecular complexity index is 80.5. The average molecular weight is 178 g/mol. The van der Waals surface area contributed by atoms with E-state index in [-0.39, 0.29) is 0 Å². The Balaban J connectivity index is 2.22. The molecular weight excluding hydrogens is 169 g/mol. The van der Waals surface area contributed by atoms with Crippen LogP contribution in [0.3, 0.4) is 0 Å². The van der Waals surface area contributed by atoms with Crippen molar-refractivity contribution in [1.29, 1.82) is 0 Å². The second-order valence-electron chi connectivity index (χ2n) is 1.75. The Hall–Kier alpha value is -0.0105. The number of rotatable bonds is 1. The summed E-state index contributed by atoms with van der Waals surface area (Å²) in [7, 11) is 0. The van der Waals surface area contributed by atoms with E-state index in [1.807, 2.05) is 4.90 Å². The zero-order chi connectivity index (χ0) is 5.82. The summed E-state index contributed by atoms with van der Waals surface area (Å²) in [5.41, 5.74) is 0. The van der Waals surface area contributed by atoms with E-state index in [4.69, 9.17) is 0 Å². The molecule has 1 heterocycles. The zero-order valence-corrected chi connectivity index (χ0v) is 6.38. The van der Waals surface area contributed by atoms with E-state index < -0.39 is 0 Å². The van der Waals surface area contributed by atoms with Crippen molar-refractivity contribution in [3.8, 4) is 0 Å². The molecule has 0 unspecified atom stereocenters. The van der Waals surface area contributed by atoms with E-state index >= 15 is 0 Å². The molecule has 0 saturated carbocycles. The van der Waals surface area contributed by atoms with Gasteiger partial charge in [-0.15, -0.1) is 0 Å². The summed E-state index contributed by atoms with van der Waals surface area (Å²) in [6.45, 7) is 2.01. The van der Waals surface area contributed by atoms with Gasteiger partial charge in [0.1, 0.15) is 0 Å². The molecule has 1 aliphatic rings. The quantitative estimate of drug-likeness (QED) is 0.408. The van der Waals surface area contributed by atoms with Crippen LogP contribution in [0.4, 0.5) is 0 Å². The monoisotopic (exact) mass is 179 g/mol. The van der Waals surface area contributed by atoms with Crippen LogP contribution in [-0.2, 0) is 4.79 Å². The molecule has 8 heavy (non-hydrogen) atoms. The van der Waals surface area contributed by atoms with Crippen LogP contribution in [0, 0.1) is 0 Å². The third-order valence-corrected chi connectivity index (χ3v) is 3.17. The van der Waals surface area contributed by atoms with Crippen LogP contribution < -0.4 is 0 Å². The summed E-state index contributed by atoms with van der Waals surface area (Å²) in [5, 5.41) is 2.51.